The lowest BCUT2D eigenvalue weighted by molar-refractivity contribution is -0.384. The van der Waals surface area contributed by atoms with Crippen LogP contribution in [-0.4, -0.2) is 37.1 Å². The summed E-state index contributed by atoms with van der Waals surface area (Å²) in [5, 5.41) is 13.9. The molecule has 0 unspecified atom stereocenters. The molecule has 3 aromatic rings. The van der Waals surface area contributed by atoms with Gasteiger partial charge >= 0.3 is 0 Å². The minimum absolute atomic E-state index is 0.0599. The standard InChI is InChI=1S/C17H15N3O6S/c1-24-12-6-9(7-13(25-2)15(12)26-3)16(21)19-17-18-11-8-10(20(22)23)4-5-14(11)27-17/h4-8H,1-3H3,(H,18,19,21). The van der Waals surface area contributed by atoms with E-state index in [1.54, 1.807) is 6.07 Å². The molecule has 1 N–H and O–H groups in total. The monoisotopic (exact) mass is 389 g/mol. The van der Waals surface area contributed by atoms with E-state index in [1.807, 2.05) is 0 Å². The third-order valence-electron chi connectivity index (χ3n) is 3.73. The number of non-ortho nitro benzene ring substituents is 1. The second-order valence-electron chi connectivity index (χ2n) is 5.30. The number of anilines is 1. The molecular formula is C17H15N3O6S. The second kappa shape index (κ2) is 7.46. The van der Waals surface area contributed by atoms with Crippen molar-refractivity contribution in [3.8, 4) is 17.2 Å². The summed E-state index contributed by atoms with van der Waals surface area (Å²) >= 11 is 1.22. The summed E-state index contributed by atoms with van der Waals surface area (Å²) in [6.07, 6.45) is 0. The van der Waals surface area contributed by atoms with Crippen molar-refractivity contribution in [3.05, 3.63) is 46.0 Å². The Hall–Kier alpha value is -3.40. The van der Waals surface area contributed by atoms with Crippen LogP contribution in [0, 0.1) is 10.1 Å². The number of carbonyl (C=O) groups is 1. The third kappa shape index (κ3) is 3.60. The number of carbonyl (C=O) groups excluding carboxylic acids is 1. The average Bonchev–Trinajstić information content (AvgIpc) is 3.07. The van der Waals surface area contributed by atoms with Crippen molar-refractivity contribution >= 4 is 38.3 Å². The number of methoxy groups -OCH3 is 3. The minimum atomic E-state index is -0.493. The highest BCUT2D eigenvalue weighted by Gasteiger charge is 2.18. The van der Waals surface area contributed by atoms with E-state index in [4.69, 9.17) is 14.2 Å². The van der Waals surface area contributed by atoms with E-state index in [9.17, 15) is 14.9 Å². The zero-order chi connectivity index (χ0) is 19.6. The van der Waals surface area contributed by atoms with Gasteiger partial charge in [0.15, 0.2) is 16.6 Å². The molecule has 3 rings (SSSR count). The average molecular weight is 389 g/mol. The fraction of sp³-hybridized carbons (Fsp3) is 0.176. The lowest BCUT2D eigenvalue weighted by atomic mass is 10.1. The number of aromatic nitrogens is 1. The number of hydrogen-bond acceptors (Lipinski definition) is 8. The number of rotatable bonds is 6. The van der Waals surface area contributed by atoms with Crippen molar-refractivity contribution in [1.82, 2.24) is 4.98 Å². The van der Waals surface area contributed by atoms with Crippen LogP contribution in [0.3, 0.4) is 0 Å². The normalized spacial score (nSPS) is 10.5. The number of hydrogen-bond donors (Lipinski definition) is 1. The molecule has 0 bridgehead atoms. The van der Waals surface area contributed by atoms with Gasteiger partial charge in [-0.15, -0.1) is 0 Å². The van der Waals surface area contributed by atoms with Gasteiger partial charge in [0.25, 0.3) is 11.6 Å². The molecule has 0 atom stereocenters. The van der Waals surface area contributed by atoms with Crippen molar-refractivity contribution in [1.29, 1.82) is 0 Å². The molecule has 10 heteroatoms. The molecule has 0 aliphatic carbocycles. The smallest absolute Gasteiger partial charge is 0.271 e. The zero-order valence-corrected chi connectivity index (χ0v) is 15.5. The van der Waals surface area contributed by atoms with Gasteiger partial charge in [-0.3, -0.25) is 20.2 Å². The maximum Gasteiger partial charge on any atom is 0.271 e. The lowest BCUT2D eigenvalue weighted by Gasteiger charge is -2.13. The van der Waals surface area contributed by atoms with E-state index in [-0.39, 0.29) is 11.3 Å². The number of ether oxygens (including phenoxy) is 3. The van der Waals surface area contributed by atoms with Crippen molar-refractivity contribution < 1.29 is 23.9 Å². The third-order valence-corrected chi connectivity index (χ3v) is 4.68. The maximum absolute atomic E-state index is 12.6. The van der Waals surface area contributed by atoms with Crippen molar-refractivity contribution in [2.24, 2.45) is 0 Å². The number of nitrogens with zero attached hydrogens (tertiary/aromatic N) is 2. The molecule has 0 aliphatic heterocycles. The molecule has 0 spiro atoms. The van der Waals surface area contributed by atoms with Crippen molar-refractivity contribution in [3.63, 3.8) is 0 Å². The topological polar surface area (TPSA) is 113 Å². The van der Waals surface area contributed by atoms with E-state index in [1.165, 1.54) is 56.9 Å². The maximum atomic E-state index is 12.6. The number of benzene rings is 2. The highest BCUT2D eigenvalue weighted by molar-refractivity contribution is 7.22. The number of thiazole rings is 1. The van der Waals surface area contributed by atoms with Crippen LogP contribution in [0.25, 0.3) is 10.2 Å². The van der Waals surface area contributed by atoms with E-state index in [0.29, 0.717) is 27.9 Å². The van der Waals surface area contributed by atoms with Crippen LogP contribution >= 0.6 is 11.3 Å². The summed E-state index contributed by atoms with van der Waals surface area (Å²) in [5.41, 5.74) is 0.666. The van der Waals surface area contributed by atoms with Gasteiger partial charge < -0.3 is 14.2 Å². The van der Waals surface area contributed by atoms with E-state index in [2.05, 4.69) is 10.3 Å². The Bertz CT molecular complexity index is 1010. The predicted octanol–water partition coefficient (Wildman–Crippen LogP) is 3.48. The van der Waals surface area contributed by atoms with Gasteiger partial charge in [0, 0.05) is 17.7 Å². The van der Waals surface area contributed by atoms with Gasteiger partial charge in [-0.1, -0.05) is 11.3 Å². The molecule has 0 aliphatic rings. The molecule has 0 radical (unpaired) electrons. The Morgan fingerprint density at radius 3 is 2.33 bits per heavy atom. The first kappa shape index (κ1) is 18.4. The number of amides is 1. The SMILES string of the molecule is COc1cc(C(=O)Nc2nc3cc([N+](=O)[O-])ccc3s2)cc(OC)c1OC. The molecule has 0 saturated heterocycles. The molecule has 27 heavy (non-hydrogen) atoms. The first-order chi connectivity index (χ1) is 13.0. The Morgan fingerprint density at radius 1 is 1.11 bits per heavy atom. The fourth-order valence-electron chi connectivity index (χ4n) is 2.46. The summed E-state index contributed by atoms with van der Waals surface area (Å²) in [6.45, 7) is 0. The number of nitrogens with one attached hydrogen (secondary N) is 1. The van der Waals surface area contributed by atoms with Gasteiger partial charge in [0.05, 0.1) is 36.5 Å². The predicted molar refractivity (Wildman–Crippen MR) is 100 cm³/mol. The van der Waals surface area contributed by atoms with Gasteiger partial charge in [-0.25, -0.2) is 4.98 Å². The van der Waals surface area contributed by atoms with Crippen molar-refractivity contribution in [2.75, 3.05) is 26.6 Å². The summed E-state index contributed by atoms with van der Waals surface area (Å²) < 4.78 is 16.4. The van der Waals surface area contributed by atoms with Gasteiger partial charge in [-0.2, -0.15) is 0 Å². The summed E-state index contributed by atoms with van der Waals surface area (Å²) in [7, 11) is 4.39. The second-order valence-corrected chi connectivity index (χ2v) is 6.33. The minimum Gasteiger partial charge on any atom is -0.493 e. The van der Waals surface area contributed by atoms with Crippen LogP contribution in [-0.2, 0) is 0 Å². The first-order valence-electron chi connectivity index (χ1n) is 7.63. The van der Waals surface area contributed by atoms with Crippen LogP contribution in [0.4, 0.5) is 10.8 Å². The molecule has 9 nitrogen and oxygen atoms in total. The molecule has 2 aromatic carbocycles. The first-order valence-corrected chi connectivity index (χ1v) is 8.44. The van der Waals surface area contributed by atoms with Crippen LogP contribution in [0.5, 0.6) is 17.2 Å². The number of nitro groups is 1. The van der Waals surface area contributed by atoms with Crippen LogP contribution in [0.1, 0.15) is 10.4 Å². The molecule has 1 heterocycles. The molecule has 140 valence electrons. The fourth-order valence-corrected chi connectivity index (χ4v) is 3.31. The Labute approximate surface area is 157 Å². The van der Waals surface area contributed by atoms with Crippen LogP contribution < -0.4 is 19.5 Å². The highest BCUT2D eigenvalue weighted by atomic mass is 32.1. The Kier molecular flexibility index (Phi) is 5.08. The largest absolute Gasteiger partial charge is 0.493 e. The van der Waals surface area contributed by atoms with Gasteiger partial charge in [0.2, 0.25) is 5.75 Å². The number of nitro benzene ring substituents is 1. The summed E-state index contributed by atoms with van der Waals surface area (Å²) in [6, 6.07) is 7.40. The highest BCUT2D eigenvalue weighted by Crippen LogP contribution is 2.38. The molecule has 0 fully saturated rings. The Balaban J connectivity index is 1.91. The lowest BCUT2D eigenvalue weighted by Crippen LogP contribution is -2.12. The molecular weight excluding hydrogens is 374 g/mol. The Morgan fingerprint density at radius 2 is 1.78 bits per heavy atom. The quantitative estimate of drug-likeness (QED) is 0.507. The van der Waals surface area contributed by atoms with Gasteiger partial charge in [0.1, 0.15) is 0 Å². The van der Waals surface area contributed by atoms with Crippen molar-refractivity contribution in [2.45, 2.75) is 0 Å². The summed E-state index contributed by atoms with van der Waals surface area (Å²) in [5.74, 6) is 0.649. The zero-order valence-electron chi connectivity index (χ0n) is 14.6. The number of fused-ring (bicyclic) bond motifs is 1. The van der Waals surface area contributed by atoms with E-state index < -0.39 is 10.8 Å². The van der Waals surface area contributed by atoms with Crippen LogP contribution in [0.15, 0.2) is 30.3 Å². The van der Waals surface area contributed by atoms with Gasteiger partial charge in [-0.05, 0) is 18.2 Å². The molecule has 0 saturated carbocycles. The van der Waals surface area contributed by atoms with E-state index >= 15 is 0 Å². The van der Waals surface area contributed by atoms with E-state index in [0.717, 1.165) is 4.70 Å². The molecule has 1 amide bonds. The molecule has 1 aromatic heterocycles. The van der Waals surface area contributed by atoms with Crippen LogP contribution in [0.2, 0.25) is 0 Å². The summed E-state index contributed by atoms with van der Waals surface area (Å²) in [4.78, 5) is 27.2.